The lowest BCUT2D eigenvalue weighted by molar-refractivity contribution is -0.123. The first-order valence-electron chi connectivity index (χ1n) is 6.31. The van der Waals surface area contributed by atoms with Crippen molar-refractivity contribution in [2.45, 2.75) is 20.8 Å². The van der Waals surface area contributed by atoms with E-state index in [4.69, 9.17) is 4.74 Å². The van der Waals surface area contributed by atoms with E-state index in [0.29, 0.717) is 6.54 Å². The monoisotopic (exact) mass is 250 g/mol. The van der Waals surface area contributed by atoms with E-state index in [0.717, 1.165) is 18.8 Å². The second-order valence-electron chi connectivity index (χ2n) is 4.24. The first kappa shape index (κ1) is 14.5. The van der Waals surface area contributed by atoms with Crippen LogP contribution in [-0.2, 0) is 4.79 Å². The average Bonchev–Trinajstić information content (AvgIpc) is 2.36. The van der Waals surface area contributed by atoms with Crippen LogP contribution in [0.25, 0.3) is 0 Å². The molecule has 0 aliphatic carbocycles. The lowest BCUT2D eigenvalue weighted by Gasteiger charge is -2.09. The Hall–Kier alpha value is -1.55. The lowest BCUT2D eigenvalue weighted by atomic mass is 10.1. The number of likely N-dealkylation sites (N-methyl/N-ethyl adjacent to an activating group) is 1. The highest BCUT2D eigenvalue weighted by atomic mass is 16.5. The highest BCUT2D eigenvalue weighted by Crippen LogP contribution is 2.16. The molecule has 0 aliphatic rings. The Labute approximate surface area is 109 Å². The molecular weight excluding hydrogens is 228 g/mol. The van der Waals surface area contributed by atoms with Crippen LogP contribution in [0, 0.1) is 13.8 Å². The van der Waals surface area contributed by atoms with Gasteiger partial charge in [0.25, 0.3) is 5.91 Å². The summed E-state index contributed by atoms with van der Waals surface area (Å²) in [5.41, 5.74) is 2.39. The molecule has 0 bridgehead atoms. The third-order valence-electron chi connectivity index (χ3n) is 2.72. The molecule has 0 radical (unpaired) electrons. The molecule has 1 rings (SSSR count). The van der Waals surface area contributed by atoms with E-state index >= 15 is 0 Å². The smallest absolute Gasteiger partial charge is 0.257 e. The van der Waals surface area contributed by atoms with Gasteiger partial charge in [-0.2, -0.15) is 0 Å². The fraction of sp³-hybridized carbons (Fsp3) is 0.500. The molecule has 0 fully saturated rings. The Kier molecular flexibility index (Phi) is 6.22. The Morgan fingerprint density at radius 2 is 2.00 bits per heavy atom. The largest absolute Gasteiger partial charge is 0.484 e. The highest BCUT2D eigenvalue weighted by Gasteiger charge is 2.02. The van der Waals surface area contributed by atoms with Crippen LogP contribution < -0.4 is 15.4 Å². The van der Waals surface area contributed by atoms with Crippen molar-refractivity contribution < 1.29 is 9.53 Å². The van der Waals surface area contributed by atoms with E-state index < -0.39 is 0 Å². The van der Waals surface area contributed by atoms with Crippen LogP contribution in [0.1, 0.15) is 18.1 Å². The summed E-state index contributed by atoms with van der Waals surface area (Å²) in [5, 5.41) is 5.92. The van der Waals surface area contributed by atoms with Crippen LogP contribution in [0.15, 0.2) is 18.2 Å². The number of carbonyl (C=O) groups excluding carboxylic acids is 1. The molecule has 100 valence electrons. The van der Waals surface area contributed by atoms with Gasteiger partial charge in [-0.15, -0.1) is 0 Å². The molecule has 0 spiro atoms. The predicted molar refractivity (Wildman–Crippen MR) is 73.0 cm³/mol. The summed E-state index contributed by atoms with van der Waals surface area (Å²) in [7, 11) is 0. The second-order valence-corrected chi connectivity index (χ2v) is 4.24. The van der Waals surface area contributed by atoms with Gasteiger partial charge >= 0.3 is 0 Å². The van der Waals surface area contributed by atoms with E-state index in [1.54, 1.807) is 0 Å². The summed E-state index contributed by atoms with van der Waals surface area (Å²) >= 11 is 0. The van der Waals surface area contributed by atoms with Crippen LogP contribution in [-0.4, -0.2) is 32.1 Å². The van der Waals surface area contributed by atoms with Crippen molar-refractivity contribution in [3.05, 3.63) is 29.3 Å². The zero-order valence-electron chi connectivity index (χ0n) is 11.4. The molecule has 0 unspecified atom stereocenters. The summed E-state index contributed by atoms with van der Waals surface area (Å²) in [6.45, 7) is 8.49. The molecule has 1 aromatic carbocycles. The van der Waals surface area contributed by atoms with Gasteiger partial charge in [-0.05, 0) is 43.7 Å². The van der Waals surface area contributed by atoms with Crippen LogP contribution in [0.3, 0.4) is 0 Å². The van der Waals surface area contributed by atoms with Gasteiger partial charge < -0.3 is 15.4 Å². The fourth-order valence-electron chi connectivity index (χ4n) is 1.47. The number of carbonyl (C=O) groups is 1. The summed E-state index contributed by atoms with van der Waals surface area (Å²) in [6, 6.07) is 5.82. The predicted octanol–water partition coefficient (Wildman–Crippen LogP) is 1.41. The van der Waals surface area contributed by atoms with E-state index in [2.05, 4.69) is 10.6 Å². The number of amides is 1. The van der Waals surface area contributed by atoms with Crippen molar-refractivity contribution >= 4 is 5.91 Å². The van der Waals surface area contributed by atoms with E-state index in [9.17, 15) is 4.79 Å². The molecule has 0 atom stereocenters. The van der Waals surface area contributed by atoms with E-state index in [1.165, 1.54) is 11.1 Å². The van der Waals surface area contributed by atoms with Crippen molar-refractivity contribution in [1.29, 1.82) is 0 Å². The number of rotatable bonds is 7. The highest BCUT2D eigenvalue weighted by molar-refractivity contribution is 5.77. The maximum Gasteiger partial charge on any atom is 0.257 e. The van der Waals surface area contributed by atoms with Crippen LogP contribution in [0.5, 0.6) is 5.75 Å². The van der Waals surface area contributed by atoms with Crippen LogP contribution in [0.4, 0.5) is 0 Å². The molecule has 4 heteroatoms. The topological polar surface area (TPSA) is 50.4 Å². The van der Waals surface area contributed by atoms with Crippen LogP contribution in [0.2, 0.25) is 0 Å². The number of nitrogens with one attached hydrogen (secondary N) is 2. The maximum atomic E-state index is 11.5. The van der Waals surface area contributed by atoms with Crippen molar-refractivity contribution in [3.63, 3.8) is 0 Å². The Balaban J connectivity index is 2.27. The van der Waals surface area contributed by atoms with Gasteiger partial charge in [0.05, 0.1) is 0 Å². The van der Waals surface area contributed by atoms with Gasteiger partial charge in [-0.1, -0.05) is 13.0 Å². The number of aryl methyl sites for hydroxylation is 2. The lowest BCUT2D eigenvalue weighted by Crippen LogP contribution is -2.34. The first-order valence-corrected chi connectivity index (χ1v) is 6.31. The number of hydrogen-bond donors (Lipinski definition) is 2. The zero-order valence-corrected chi connectivity index (χ0v) is 11.4. The first-order chi connectivity index (χ1) is 8.63. The molecule has 1 amide bonds. The summed E-state index contributed by atoms with van der Waals surface area (Å²) < 4.78 is 5.43. The van der Waals surface area contributed by atoms with E-state index in [1.807, 2.05) is 39.0 Å². The third kappa shape index (κ3) is 5.19. The molecular formula is C14H22N2O2. The molecule has 1 aromatic rings. The number of ether oxygens (including phenoxy) is 1. The second kappa shape index (κ2) is 7.71. The van der Waals surface area contributed by atoms with Gasteiger partial charge in [0.2, 0.25) is 0 Å². The van der Waals surface area contributed by atoms with Gasteiger partial charge in [0.1, 0.15) is 5.75 Å². The Morgan fingerprint density at radius 1 is 1.22 bits per heavy atom. The van der Waals surface area contributed by atoms with Gasteiger partial charge in [0.15, 0.2) is 6.61 Å². The van der Waals surface area contributed by atoms with Crippen molar-refractivity contribution in [1.82, 2.24) is 10.6 Å². The van der Waals surface area contributed by atoms with Gasteiger partial charge in [-0.25, -0.2) is 0 Å². The molecule has 4 nitrogen and oxygen atoms in total. The minimum Gasteiger partial charge on any atom is -0.484 e. The van der Waals surface area contributed by atoms with E-state index in [-0.39, 0.29) is 12.5 Å². The average molecular weight is 250 g/mol. The fourth-order valence-corrected chi connectivity index (χ4v) is 1.47. The normalized spacial score (nSPS) is 10.2. The molecule has 2 N–H and O–H groups in total. The Morgan fingerprint density at radius 3 is 2.67 bits per heavy atom. The molecule has 0 heterocycles. The SMILES string of the molecule is CCNCCNC(=O)COc1ccc(C)c(C)c1. The number of benzene rings is 1. The zero-order chi connectivity index (χ0) is 13.4. The molecule has 0 saturated carbocycles. The van der Waals surface area contributed by atoms with Crippen molar-refractivity contribution in [3.8, 4) is 5.75 Å². The molecule has 18 heavy (non-hydrogen) atoms. The van der Waals surface area contributed by atoms with Gasteiger partial charge in [-0.3, -0.25) is 4.79 Å². The number of hydrogen-bond acceptors (Lipinski definition) is 3. The maximum absolute atomic E-state index is 11.5. The third-order valence-corrected chi connectivity index (χ3v) is 2.72. The summed E-state index contributed by atoms with van der Waals surface area (Å²) in [4.78, 5) is 11.5. The van der Waals surface area contributed by atoms with Crippen molar-refractivity contribution in [2.75, 3.05) is 26.2 Å². The summed E-state index contributed by atoms with van der Waals surface area (Å²) in [5.74, 6) is 0.645. The minimum atomic E-state index is -0.0915. The van der Waals surface area contributed by atoms with Crippen LogP contribution >= 0.6 is 0 Å². The quantitative estimate of drug-likeness (QED) is 0.719. The summed E-state index contributed by atoms with van der Waals surface area (Å²) in [6.07, 6.45) is 0. The van der Waals surface area contributed by atoms with Crippen molar-refractivity contribution in [2.24, 2.45) is 0 Å². The molecule has 0 saturated heterocycles. The minimum absolute atomic E-state index is 0.0641. The molecule has 0 aliphatic heterocycles. The standard InChI is InChI=1S/C14H22N2O2/c1-4-15-7-8-16-14(17)10-18-13-6-5-11(2)12(3)9-13/h5-6,9,15H,4,7-8,10H2,1-3H3,(H,16,17). The Bertz CT molecular complexity index is 391. The van der Waals surface area contributed by atoms with Gasteiger partial charge in [0, 0.05) is 13.1 Å². The molecule has 0 aromatic heterocycles.